The smallest absolute Gasteiger partial charge is 0.00420 e. The Morgan fingerprint density at radius 2 is 1.93 bits per heavy atom. The first-order valence-corrected chi connectivity index (χ1v) is 6.75. The number of nitrogens with one attached hydrogen (secondary N) is 1. The fourth-order valence-electron chi connectivity index (χ4n) is 3.41. The summed E-state index contributed by atoms with van der Waals surface area (Å²) in [5, 5.41) is 3.72. The molecule has 3 aliphatic rings. The Balaban J connectivity index is 1.36. The quantitative estimate of drug-likeness (QED) is 0.724. The number of nitrogens with two attached hydrogens (primary N) is 1. The summed E-state index contributed by atoms with van der Waals surface area (Å²) in [7, 11) is 0. The maximum absolute atomic E-state index is 5.93. The lowest BCUT2D eigenvalue weighted by molar-refractivity contribution is 0.378. The van der Waals surface area contributed by atoms with E-state index in [0.717, 1.165) is 17.3 Å². The molecule has 0 spiro atoms. The van der Waals surface area contributed by atoms with E-state index in [0.29, 0.717) is 6.04 Å². The van der Waals surface area contributed by atoms with Crippen LogP contribution in [-0.2, 0) is 0 Å². The van der Waals surface area contributed by atoms with Crippen LogP contribution in [0.15, 0.2) is 0 Å². The molecule has 0 heterocycles. The fraction of sp³-hybridized carbons (Fsp3) is 1.00. The topological polar surface area (TPSA) is 38.0 Å². The van der Waals surface area contributed by atoms with Gasteiger partial charge in [-0.05, 0) is 68.7 Å². The molecule has 3 aliphatic carbocycles. The van der Waals surface area contributed by atoms with E-state index in [1.807, 2.05) is 0 Å². The summed E-state index contributed by atoms with van der Waals surface area (Å²) in [5.41, 5.74) is 6.69. The standard InChI is InChI=1S/C13H24N2/c14-12-4-1-10(7-12)8-15-9-13(5-6-13)11-2-3-11/h10-12,15H,1-9,14H2. The maximum Gasteiger partial charge on any atom is 0.00420 e. The summed E-state index contributed by atoms with van der Waals surface area (Å²) in [6.07, 6.45) is 9.86. The monoisotopic (exact) mass is 208 g/mol. The molecule has 0 bridgehead atoms. The molecule has 15 heavy (non-hydrogen) atoms. The van der Waals surface area contributed by atoms with Gasteiger partial charge in [0, 0.05) is 12.6 Å². The predicted octanol–water partition coefficient (Wildman–Crippen LogP) is 1.89. The lowest BCUT2D eigenvalue weighted by Crippen LogP contribution is -2.30. The highest BCUT2D eigenvalue weighted by molar-refractivity contribution is 5.05. The zero-order valence-corrected chi connectivity index (χ0v) is 9.67. The molecule has 0 aromatic heterocycles. The molecule has 2 heteroatoms. The second-order valence-corrected chi connectivity index (χ2v) is 6.21. The molecule has 2 unspecified atom stereocenters. The summed E-state index contributed by atoms with van der Waals surface area (Å²) in [6, 6.07) is 0.495. The van der Waals surface area contributed by atoms with E-state index >= 15 is 0 Å². The minimum atomic E-state index is 0.495. The van der Waals surface area contributed by atoms with Crippen molar-refractivity contribution in [1.82, 2.24) is 5.32 Å². The van der Waals surface area contributed by atoms with E-state index in [9.17, 15) is 0 Å². The van der Waals surface area contributed by atoms with Crippen molar-refractivity contribution in [1.29, 1.82) is 0 Å². The van der Waals surface area contributed by atoms with E-state index in [4.69, 9.17) is 5.73 Å². The van der Waals surface area contributed by atoms with Crippen LogP contribution in [0.5, 0.6) is 0 Å². The van der Waals surface area contributed by atoms with Crippen LogP contribution >= 0.6 is 0 Å². The molecule has 2 atom stereocenters. The molecule has 86 valence electrons. The van der Waals surface area contributed by atoms with Gasteiger partial charge in [-0.1, -0.05) is 0 Å². The van der Waals surface area contributed by atoms with Crippen LogP contribution in [0.1, 0.15) is 44.9 Å². The van der Waals surface area contributed by atoms with Crippen LogP contribution < -0.4 is 11.1 Å². The minimum absolute atomic E-state index is 0.495. The first kappa shape index (κ1) is 10.1. The summed E-state index contributed by atoms with van der Waals surface area (Å²) in [5.74, 6) is 1.96. The first-order chi connectivity index (χ1) is 7.28. The van der Waals surface area contributed by atoms with E-state index in [2.05, 4.69) is 5.32 Å². The van der Waals surface area contributed by atoms with Gasteiger partial charge in [-0.3, -0.25) is 0 Å². The molecule has 3 rings (SSSR count). The van der Waals surface area contributed by atoms with E-state index in [-0.39, 0.29) is 0 Å². The molecule has 0 aromatic rings. The van der Waals surface area contributed by atoms with Crippen LogP contribution in [0.25, 0.3) is 0 Å². The van der Waals surface area contributed by atoms with Gasteiger partial charge in [0.1, 0.15) is 0 Å². The normalized spacial score (nSPS) is 38.2. The van der Waals surface area contributed by atoms with Gasteiger partial charge in [0.25, 0.3) is 0 Å². The maximum atomic E-state index is 5.93. The Bertz CT molecular complexity index is 231. The summed E-state index contributed by atoms with van der Waals surface area (Å²) < 4.78 is 0. The van der Waals surface area contributed by atoms with Crippen molar-refractivity contribution in [3.63, 3.8) is 0 Å². The zero-order valence-electron chi connectivity index (χ0n) is 9.67. The second kappa shape index (κ2) is 3.74. The van der Waals surface area contributed by atoms with Crippen molar-refractivity contribution >= 4 is 0 Å². The largest absolute Gasteiger partial charge is 0.328 e. The highest BCUT2D eigenvalue weighted by Crippen LogP contribution is 2.60. The minimum Gasteiger partial charge on any atom is -0.328 e. The van der Waals surface area contributed by atoms with Crippen molar-refractivity contribution in [3.05, 3.63) is 0 Å². The highest BCUT2D eigenvalue weighted by atomic mass is 14.9. The van der Waals surface area contributed by atoms with Gasteiger partial charge in [0.05, 0.1) is 0 Å². The summed E-state index contributed by atoms with van der Waals surface area (Å²) in [6.45, 7) is 2.52. The lowest BCUT2D eigenvalue weighted by Gasteiger charge is -2.17. The van der Waals surface area contributed by atoms with Gasteiger partial charge >= 0.3 is 0 Å². The molecule has 3 fully saturated rings. The molecule has 0 radical (unpaired) electrons. The number of hydrogen-bond acceptors (Lipinski definition) is 2. The molecule has 0 amide bonds. The van der Waals surface area contributed by atoms with Gasteiger partial charge < -0.3 is 11.1 Å². The molecule has 2 nitrogen and oxygen atoms in total. The van der Waals surface area contributed by atoms with Crippen LogP contribution in [0.2, 0.25) is 0 Å². The third kappa shape index (κ3) is 2.21. The fourth-order valence-corrected chi connectivity index (χ4v) is 3.41. The van der Waals surface area contributed by atoms with Gasteiger partial charge in [0.15, 0.2) is 0 Å². The summed E-state index contributed by atoms with van der Waals surface area (Å²) >= 11 is 0. The Morgan fingerprint density at radius 3 is 2.47 bits per heavy atom. The number of rotatable bonds is 5. The Morgan fingerprint density at radius 1 is 1.13 bits per heavy atom. The molecule has 0 saturated heterocycles. The molecular formula is C13H24N2. The van der Waals surface area contributed by atoms with Crippen LogP contribution in [0, 0.1) is 17.3 Å². The average Bonchev–Trinajstić information content (AvgIpc) is 3.08. The third-order valence-electron chi connectivity index (χ3n) is 4.83. The molecule has 3 saturated carbocycles. The van der Waals surface area contributed by atoms with Crippen molar-refractivity contribution < 1.29 is 0 Å². The lowest BCUT2D eigenvalue weighted by atomic mass is 10.00. The van der Waals surface area contributed by atoms with Crippen molar-refractivity contribution in [2.24, 2.45) is 23.0 Å². The number of hydrogen-bond donors (Lipinski definition) is 2. The first-order valence-electron chi connectivity index (χ1n) is 6.75. The molecular weight excluding hydrogens is 184 g/mol. The van der Waals surface area contributed by atoms with Crippen LogP contribution in [0.4, 0.5) is 0 Å². The Hall–Kier alpha value is -0.0800. The molecule has 3 N–H and O–H groups in total. The van der Waals surface area contributed by atoms with Gasteiger partial charge in [0.2, 0.25) is 0 Å². The van der Waals surface area contributed by atoms with E-state index < -0.39 is 0 Å². The predicted molar refractivity (Wildman–Crippen MR) is 62.6 cm³/mol. The second-order valence-electron chi connectivity index (χ2n) is 6.21. The Labute approximate surface area is 93.0 Å². The van der Waals surface area contributed by atoms with E-state index in [1.54, 1.807) is 0 Å². The van der Waals surface area contributed by atoms with Crippen molar-refractivity contribution in [2.45, 2.75) is 51.0 Å². The van der Waals surface area contributed by atoms with Gasteiger partial charge in [-0.2, -0.15) is 0 Å². The molecule has 0 aliphatic heterocycles. The highest BCUT2D eigenvalue weighted by Gasteiger charge is 2.53. The van der Waals surface area contributed by atoms with Crippen molar-refractivity contribution in [2.75, 3.05) is 13.1 Å². The van der Waals surface area contributed by atoms with Crippen LogP contribution in [0.3, 0.4) is 0 Å². The zero-order chi connectivity index (χ0) is 10.3. The average molecular weight is 208 g/mol. The third-order valence-corrected chi connectivity index (χ3v) is 4.83. The summed E-state index contributed by atoms with van der Waals surface area (Å²) in [4.78, 5) is 0. The van der Waals surface area contributed by atoms with Crippen molar-refractivity contribution in [3.8, 4) is 0 Å². The van der Waals surface area contributed by atoms with Gasteiger partial charge in [-0.25, -0.2) is 0 Å². The SMILES string of the molecule is NC1CCC(CNCC2(C3CC3)CC2)C1. The Kier molecular flexibility index (Phi) is 2.52. The van der Waals surface area contributed by atoms with Gasteiger partial charge in [-0.15, -0.1) is 0 Å². The molecule has 0 aromatic carbocycles. The van der Waals surface area contributed by atoms with Crippen LogP contribution in [-0.4, -0.2) is 19.1 Å². The van der Waals surface area contributed by atoms with E-state index in [1.165, 1.54) is 58.0 Å².